The van der Waals surface area contributed by atoms with Gasteiger partial charge in [-0.2, -0.15) is 0 Å². The molecular weight excluding hydrogens is 256 g/mol. The van der Waals surface area contributed by atoms with Crippen molar-refractivity contribution in [2.45, 2.75) is 32.8 Å². The van der Waals surface area contributed by atoms with Crippen molar-refractivity contribution < 1.29 is 14.7 Å². The number of likely N-dealkylation sites (tertiary alicyclic amines) is 1. The average Bonchev–Trinajstić information content (AvgIpc) is 2.46. The van der Waals surface area contributed by atoms with Crippen molar-refractivity contribution in [2.24, 2.45) is 5.16 Å². The van der Waals surface area contributed by atoms with E-state index in [1.54, 1.807) is 17.0 Å². The Morgan fingerprint density at radius 3 is 2.65 bits per heavy atom. The molecule has 0 spiro atoms. The third-order valence-corrected chi connectivity index (χ3v) is 3.22. The van der Waals surface area contributed by atoms with Gasteiger partial charge in [-0.25, -0.2) is 0 Å². The van der Waals surface area contributed by atoms with Gasteiger partial charge in [0, 0.05) is 31.5 Å². The second kappa shape index (κ2) is 6.41. The summed E-state index contributed by atoms with van der Waals surface area (Å²) in [5.74, 6) is 0.705. The maximum absolute atomic E-state index is 12.4. The Hall–Kier alpha value is -2.04. The number of carbonyl (C=O) groups excluding carboxylic acids is 1. The van der Waals surface area contributed by atoms with Crippen molar-refractivity contribution in [1.82, 2.24) is 4.90 Å². The van der Waals surface area contributed by atoms with Crippen LogP contribution in [0, 0.1) is 0 Å². The summed E-state index contributed by atoms with van der Waals surface area (Å²) < 4.78 is 5.60. The molecule has 20 heavy (non-hydrogen) atoms. The molecule has 0 aromatic heterocycles. The van der Waals surface area contributed by atoms with E-state index >= 15 is 0 Å². The third kappa shape index (κ3) is 3.50. The molecule has 1 fully saturated rings. The molecule has 1 aliphatic heterocycles. The maximum atomic E-state index is 12.4. The van der Waals surface area contributed by atoms with E-state index in [4.69, 9.17) is 9.94 Å². The fourth-order valence-corrected chi connectivity index (χ4v) is 2.23. The summed E-state index contributed by atoms with van der Waals surface area (Å²) >= 11 is 0. The first-order valence-corrected chi connectivity index (χ1v) is 6.86. The van der Waals surface area contributed by atoms with E-state index in [0.29, 0.717) is 37.2 Å². The molecule has 1 heterocycles. The molecule has 1 aliphatic rings. The number of hydrogen-bond donors (Lipinski definition) is 1. The lowest BCUT2D eigenvalue weighted by atomic mass is 10.1. The van der Waals surface area contributed by atoms with Crippen LogP contribution >= 0.6 is 0 Å². The molecule has 1 N–H and O–H groups in total. The van der Waals surface area contributed by atoms with Crippen LogP contribution in [0.4, 0.5) is 0 Å². The van der Waals surface area contributed by atoms with Gasteiger partial charge in [0.05, 0.1) is 11.8 Å². The highest BCUT2D eigenvalue weighted by atomic mass is 16.5. The molecule has 1 aromatic rings. The van der Waals surface area contributed by atoms with Crippen LogP contribution in [-0.4, -0.2) is 40.9 Å². The summed E-state index contributed by atoms with van der Waals surface area (Å²) in [6, 6.07) is 7.25. The van der Waals surface area contributed by atoms with E-state index in [9.17, 15) is 4.79 Å². The normalized spacial score (nSPS) is 15.3. The van der Waals surface area contributed by atoms with E-state index in [2.05, 4.69) is 5.16 Å². The number of carbonyl (C=O) groups is 1. The Bertz CT molecular complexity index is 502. The molecule has 2 rings (SSSR count). The lowest BCUT2D eigenvalue weighted by molar-refractivity contribution is 0.0753. The van der Waals surface area contributed by atoms with E-state index in [1.807, 2.05) is 26.0 Å². The van der Waals surface area contributed by atoms with E-state index < -0.39 is 0 Å². The topological polar surface area (TPSA) is 62.1 Å². The molecule has 1 amide bonds. The van der Waals surface area contributed by atoms with E-state index in [0.717, 1.165) is 5.71 Å². The first kappa shape index (κ1) is 14.4. The molecule has 108 valence electrons. The number of ether oxygens (including phenoxy) is 1. The van der Waals surface area contributed by atoms with Gasteiger partial charge in [0.15, 0.2) is 0 Å². The van der Waals surface area contributed by atoms with Gasteiger partial charge in [0.2, 0.25) is 0 Å². The van der Waals surface area contributed by atoms with Crippen molar-refractivity contribution in [3.05, 3.63) is 29.8 Å². The Labute approximate surface area is 118 Å². The Balaban J connectivity index is 2.06. The van der Waals surface area contributed by atoms with Crippen molar-refractivity contribution >= 4 is 11.6 Å². The largest absolute Gasteiger partial charge is 0.491 e. The van der Waals surface area contributed by atoms with Gasteiger partial charge in [0.25, 0.3) is 5.91 Å². The van der Waals surface area contributed by atoms with Gasteiger partial charge >= 0.3 is 0 Å². The molecule has 0 bridgehead atoms. The molecule has 0 atom stereocenters. The number of benzene rings is 1. The third-order valence-electron chi connectivity index (χ3n) is 3.22. The number of oxime groups is 1. The Morgan fingerprint density at radius 1 is 1.35 bits per heavy atom. The van der Waals surface area contributed by atoms with Gasteiger partial charge < -0.3 is 14.8 Å². The van der Waals surface area contributed by atoms with Crippen molar-refractivity contribution in [2.75, 3.05) is 13.1 Å². The molecule has 5 nitrogen and oxygen atoms in total. The summed E-state index contributed by atoms with van der Waals surface area (Å²) in [6.07, 6.45) is 1.34. The summed E-state index contributed by atoms with van der Waals surface area (Å²) in [4.78, 5) is 14.2. The van der Waals surface area contributed by atoms with Gasteiger partial charge in [-0.15, -0.1) is 0 Å². The van der Waals surface area contributed by atoms with E-state index in [1.165, 1.54) is 0 Å². The Kier molecular flexibility index (Phi) is 4.61. The molecular formula is C15H20N2O3. The number of rotatable bonds is 3. The zero-order valence-corrected chi connectivity index (χ0v) is 11.9. The summed E-state index contributed by atoms with van der Waals surface area (Å²) in [6.45, 7) is 5.09. The molecule has 0 aliphatic carbocycles. The highest BCUT2D eigenvalue weighted by Crippen LogP contribution is 2.18. The number of hydrogen-bond acceptors (Lipinski definition) is 4. The molecule has 0 unspecified atom stereocenters. The average molecular weight is 276 g/mol. The van der Waals surface area contributed by atoms with Crippen LogP contribution in [0.25, 0.3) is 0 Å². The maximum Gasteiger partial charge on any atom is 0.254 e. The van der Waals surface area contributed by atoms with Crippen LogP contribution in [0.2, 0.25) is 0 Å². The summed E-state index contributed by atoms with van der Waals surface area (Å²) in [5, 5.41) is 11.9. The van der Waals surface area contributed by atoms with Crippen molar-refractivity contribution in [3.63, 3.8) is 0 Å². The van der Waals surface area contributed by atoms with Crippen LogP contribution in [0.1, 0.15) is 37.0 Å². The van der Waals surface area contributed by atoms with Crippen LogP contribution in [-0.2, 0) is 0 Å². The van der Waals surface area contributed by atoms with Crippen LogP contribution in [0.15, 0.2) is 29.4 Å². The lowest BCUT2D eigenvalue weighted by Gasteiger charge is -2.27. The van der Waals surface area contributed by atoms with E-state index in [-0.39, 0.29) is 12.0 Å². The van der Waals surface area contributed by atoms with Gasteiger partial charge in [-0.1, -0.05) is 11.2 Å². The monoisotopic (exact) mass is 276 g/mol. The predicted molar refractivity (Wildman–Crippen MR) is 76.6 cm³/mol. The fraction of sp³-hybridized carbons (Fsp3) is 0.467. The highest BCUT2D eigenvalue weighted by Gasteiger charge is 2.21. The zero-order chi connectivity index (χ0) is 14.5. The minimum atomic E-state index is -0.00352. The molecule has 0 radical (unpaired) electrons. The molecule has 1 aromatic carbocycles. The SMILES string of the molecule is CC(C)Oc1cccc(C(=O)N2CCC(=NO)CC2)c1. The smallest absolute Gasteiger partial charge is 0.254 e. The first-order chi connectivity index (χ1) is 9.60. The van der Waals surface area contributed by atoms with Gasteiger partial charge in [-0.3, -0.25) is 4.79 Å². The number of piperidine rings is 1. The van der Waals surface area contributed by atoms with Gasteiger partial charge in [0.1, 0.15) is 5.75 Å². The number of amides is 1. The van der Waals surface area contributed by atoms with Gasteiger partial charge in [-0.05, 0) is 32.0 Å². The minimum absolute atomic E-state index is 0.00352. The highest BCUT2D eigenvalue weighted by molar-refractivity contribution is 5.96. The Morgan fingerprint density at radius 2 is 2.05 bits per heavy atom. The van der Waals surface area contributed by atoms with Crippen LogP contribution in [0.3, 0.4) is 0 Å². The first-order valence-electron chi connectivity index (χ1n) is 6.86. The fourth-order valence-electron chi connectivity index (χ4n) is 2.23. The lowest BCUT2D eigenvalue weighted by Crippen LogP contribution is -2.38. The zero-order valence-electron chi connectivity index (χ0n) is 11.9. The molecule has 0 saturated carbocycles. The predicted octanol–water partition coefficient (Wildman–Crippen LogP) is 2.54. The molecule has 5 heteroatoms. The van der Waals surface area contributed by atoms with Crippen molar-refractivity contribution in [1.29, 1.82) is 0 Å². The summed E-state index contributed by atoms with van der Waals surface area (Å²) in [5.41, 5.74) is 1.39. The second-order valence-corrected chi connectivity index (χ2v) is 5.15. The standard InChI is InChI=1S/C15H20N2O3/c1-11(2)20-14-5-3-4-12(10-14)15(18)17-8-6-13(16-19)7-9-17/h3-5,10-11,19H,6-9H2,1-2H3. The number of nitrogens with zero attached hydrogens (tertiary/aromatic N) is 2. The molecule has 1 saturated heterocycles. The summed E-state index contributed by atoms with van der Waals surface area (Å²) in [7, 11) is 0. The van der Waals surface area contributed by atoms with Crippen LogP contribution in [0.5, 0.6) is 5.75 Å². The second-order valence-electron chi connectivity index (χ2n) is 5.15. The van der Waals surface area contributed by atoms with Crippen molar-refractivity contribution in [3.8, 4) is 5.75 Å². The van der Waals surface area contributed by atoms with Crippen LogP contribution < -0.4 is 4.74 Å². The minimum Gasteiger partial charge on any atom is -0.491 e. The quantitative estimate of drug-likeness (QED) is 0.681.